The Bertz CT molecular complexity index is 540. The molecule has 3 rings (SSSR count). The molecule has 2 aliphatic heterocycles. The molecule has 2 fully saturated rings. The van der Waals surface area contributed by atoms with Crippen LogP contribution in [0.1, 0.15) is 44.1 Å². The maximum atomic E-state index is 13.0. The highest BCUT2D eigenvalue weighted by atomic mass is 19.1. The fourth-order valence-corrected chi connectivity index (χ4v) is 3.49. The van der Waals surface area contributed by atoms with Gasteiger partial charge in [0, 0.05) is 32.1 Å². The number of amides is 1. The van der Waals surface area contributed by atoms with Gasteiger partial charge < -0.3 is 14.8 Å². The van der Waals surface area contributed by atoms with Gasteiger partial charge in [-0.15, -0.1) is 0 Å². The molecule has 1 spiro atoms. The van der Waals surface area contributed by atoms with E-state index in [1.54, 1.807) is 12.1 Å². The van der Waals surface area contributed by atoms with Crippen LogP contribution in [-0.2, 0) is 14.3 Å². The Balaban J connectivity index is 1.51. The predicted molar refractivity (Wildman–Crippen MR) is 84.7 cm³/mol. The Morgan fingerprint density at radius 2 is 2.17 bits per heavy atom. The van der Waals surface area contributed by atoms with Crippen molar-refractivity contribution in [2.45, 2.75) is 50.2 Å². The van der Waals surface area contributed by atoms with E-state index in [2.05, 4.69) is 5.32 Å². The lowest BCUT2D eigenvalue weighted by Crippen LogP contribution is -2.49. The third-order valence-corrected chi connectivity index (χ3v) is 4.86. The average Bonchev–Trinajstić information content (AvgIpc) is 2.95. The van der Waals surface area contributed by atoms with Crippen molar-refractivity contribution in [3.63, 3.8) is 0 Å². The molecule has 0 aromatic heterocycles. The molecule has 4 nitrogen and oxygen atoms in total. The van der Waals surface area contributed by atoms with Crippen LogP contribution in [0.5, 0.6) is 0 Å². The van der Waals surface area contributed by atoms with E-state index >= 15 is 0 Å². The summed E-state index contributed by atoms with van der Waals surface area (Å²) in [4.78, 5) is 12.3. The lowest BCUT2D eigenvalue weighted by atomic mass is 9.89. The van der Waals surface area contributed by atoms with E-state index in [1.165, 1.54) is 12.1 Å². The van der Waals surface area contributed by atoms with Crippen molar-refractivity contribution in [1.82, 2.24) is 5.32 Å². The third-order valence-electron chi connectivity index (χ3n) is 4.86. The van der Waals surface area contributed by atoms with E-state index in [9.17, 15) is 9.18 Å². The van der Waals surface area contributed by atoms with E-state index in [0.29, 0.717) is 19.6 Å². The smallest absolute Gasteiger partial charge is 0.220 e. The Kier molecular flexibility index (Phi) is 4.97. The van der Waals surface area contributed by atoms with Gasteiger partial charge in [0.25, 0.3) is 0 Å². The summed E-state index contributed by atoms with van der Waals surface area (Å²) >= 11 is 0. The van der Waals surface area contributed by atoms with E-state index in [1.807, 2.05) is 6.92 Å². The molecule has 0 bridgehead atoms. The second-order valence-electron chi connectivity index (χ2n) is 6.75. The molecule has 2 heterocycles. The molecule has 23 heavy (non-hydrogen) atoms. The zero-order valence-electron chi connectivity index (χ0n) is 13.5. The second kappa shape index (κ2) is 6.97. The summed E-state index contributed by atoms with van der Waals surface area (Å²) in [6.45, 7) is 4.03. The summed E-state index contributed by atoms with van der Waals surface area (Å²) < 4.78 is 24.3. The lowest BCUT2D eigenvalue weighted by Gasteiger charge is -2.37. The Hall–Kier alpha value is -1.46. The van der Waals surface area contributed by atoms with Crippen LogP contribution in [0.2, 0.25) is 0 Å². The zero-order valence-corrected chi connectivity index (χ0v) is 13.5. The number of benzene rings is 1. The molecule has 1 N–H and O–H groups in total. The molecule has 1 aromatic carbocycles. The van der Waals surface area contributed by atoms with Crippen LogP contribution < -0.4 is 5.32 Å². The first-order chi connectivity index (χ1) is 11.1. The van der Waals surface area contributed by atoms with Gasteiger partial charge in [-0.2, -0.15) is 0 Å². The summed E-state index contributed by atoms with van der Waals surface area (Å²) in [5.74, 6) is -0.140. The largest absolute Gasteiger partial charge is 0.378 e. The Labute approximate surface area is 136 Å². The van der Waals surface area contributed by atoms with Crippen molar-refractivity contribution in [3.8, 4) is 0 Å². The zero-order chi connectivity index (χ0) is 16.3. The van der Waals surface area contributed by atoms with Gasteiger partial charge in [0.05, 0.1) is 12.2 Å². The van der Waals surface area contributed by atoms with Gasteiger partial charge in [-0.05, 0) is 36.5 Å². The van der Waals surface area contributed by atoms with Crippen LogP contribution >= 0.6 is 0 Å². The molecule has 1 amide bonds. The molecular weight excluding hydrogens is 297 g/mol. The van der Waals surface area contributed by atoms with Gasteiger partial charge in [0.15, 0.2) is 0 Å². The minimum Gasteiger partial charge on any atom is -0.378 e. The molecule has 0 radical (unpaired) electrons. The number of hydrogen-bond acceptors (Lipinski definition) is 3. The van der Waals surface area contributed by atoms with Crippen molar-refractivity contribution >= 4 is 5.91 Å². The fraction of sp³-hybridized carbons (Fsp3) is 0.611. The molecule has 5 heteroatoms. The average molecular weight is 321 g/mol. The minimum atomic E-state index is -0.253. The van der Waals surface area contributed by atoms with Gasteiger partial charge in [0.2, 0.25) is 5.91 Å². The van der Waals surface area contributed by atoms with Crippen molar-refractivity contribution in [1.29, 1.82) is 0 Å². The molecule has 0 saturated carbocycles. The van der Waals surface area contributed by atoms with E-state index in [-0.39, 0.29) is 29.3 Å². The summed E-state index contributed by atoms with van der Waals surface area (Å²) in [6.07, 6.45) is 2.99. The molecule has 2 saturated heterocycles. The van der Waals surface area contributed by atoms with E-state index < -0.39 is 0 Å². The van der Waals surface area contributed by atoms with Crippen LogP contribution in [0, 0.1) is 5.82 Å². The molecule has 3 atom stereocenters. The molecule has 126 valence electrons. The first-order valence-corrected chi connectivity index (χ1v) is 8.33. The monoisotopic (exact) mass is 321 g/mol. The van der Waals surface area contributed by atoms with Gasteiger partial charge in [-0.3, -0.25) is 4.79 Å². The SMILES string of the molecule is C[C@H](CC(=O)N[C@@H]1CCO[C@]2(CCOC2)C1)c1ccc(F)cc1. The Morgan fingerprint density at radius 1 is 1.39 bits per heavy atom. The van der Waals surface area contributed by atoms with E-state index in [0.717, 1.165) is 31.4 Å². The minimum absolute atomic E-state index is 0.0443. The highest BCUT2D eigenvalue weighted by Gasteiger charge is 2.41. The van der Waals surface area contributed by atoms with Crippen molar-refractivity contribution < 1.29 is 18.7 Å². The number of carbonyl (C=O) groups excluding carboxylic acids is 1. The topological polar surface area (TPSA) is 47.6 Å². The summed E-state index contributed by atoms with van der Waals surface area (Å²) in [5, 5.41) is 3.13. The number of halogens is 1. The van der Waals surface area contributed by atoms with Crippen LogP contribution in [0.25, 0.3) is 0 Å². The van der Waals surface area contributed by atoms with Crippen molar-refractivity contribution in [2.75, 3.05) is 19.8 Å². The van der Waals surface area contributed by atoms with Crippen molar-refractivity contribution in [2.24, 2.45) is 0 Å². The van der Waals surface area contributed by atoms with Crippen LogP contribution in [-0.4, -0.2) is 37.4 Å². The van der Waals surface area contributed by atoms with Gasteiger partial charge in [-0.25, -0.2) is 4.39 Å². The standard InChI is InChI=1S/C18H24FNO3/c1-13(14-2-4-15(19)5-3-14)10-17(21)20-16-6-8-23-18(11-16)7-9-22-12-18/h2-5,13,16H,6-12H2,1H3,(H,20,21)/t13-,16-,18-/m1/s1. The molecule has 0 unspecified atom stereocenters. The first-order valence-electron chi connectivity index (χ1n) is 8.33. The summed E-state index contributed by atoms with van der Waals surface area (Å²) in [7, 11) is 0. The van der Waals surface area contributed by atoms with Gasteiger partial charge >= 0.3 is 0 Å². The maximum Gasteiger partial charge on any atom is 0.220 e. The van der Waals surface area contributed by atoms with Crippen LogP contribution in [0.15, 0.2) is 24.3 Å². The number of hydrogen-bond donors (Lipinski definition) is 1. The summed E-state index contributed by atoms with van der Waals surface area (Å²) in [5.41, 5.74) is 0.785. The molecule has 0 aliphatic carbocycles. The molecule has 1 aromatic rings. The van der Waals surface area contributed by atoms with Crippen LogP contribution in [0.4, 0.5) is 4.39 Å². The highest BCUT2D eigenvalue weighted by molar-refractivity contribution is 5.77. The van der Waals surface area contributed by atoms with Gasteiger partial charge in [-0.1, -0.05) is 19.1 Å². The lowest BCUT2D eigenvalue weighted by molar-refractivity contribution is -0.125. The van der Waals surface area contributed by atoms with Crippen molar-refractivity contribution in [3.05, 3.63) is 35.6 Å². The number of nitrogens with one attached hydrogen (secondary N) is 1. The quantitative estimate of drug-likeness (QED) is 0.927. The highest BCUT2D eigenvalue weighted by Crippen LogP contribution is 2.33. The summed E-state index contributed by atoms with van der Waals surface area (Å²) in [6, 6.07) is 6.51. The first kappa shape index (κ1) is 16.4. The van der Waals surface area contributed by atoms with E-state index in [4.69, 9.17) is 9.47 Å². The number of carbonyl (C=O) groups is 1. The Morgan fingerprint density at radius 3 is 2.87 bits per heavy atom. The van der Waals surface area contributed by atoms with Gasteiger partial charge in [0.1, 0.15) is 5.82 Å². The third kappa shape index (κ3) is 4.09. The molecule has 2 aliphatic rings. The molecular formula is C18H24FNO3. The fourth-order valence-electron chi connectivity index (χ4n) is 3.49. The number of rotatable bonds is 4. The van der Waals surface area contributed by atoms with Crippen LogP contribution in [0.3, 0.4) is 0 Å². The normalized spacial score (nSPS) is 28.7. The second-order valence-corrected chi connectivity index (χ2v) is 6.75. The predicted octanol–water partition coefficient (Wildman–Crippen LogP) is 2.77. The maximum absolute atomic E-state index is 13.0. The number of ether oxygens (including phenoxy) is 2.